The maximum Gasteiger partial charge on any atom is 0.387 e. The fourth-order valence-corrected chi connectivity index (χ4v) is 2.64. The SMILES string of the molecule is CCC1CN(C(CN)c2ccc(OC(F)F)cc2)CCO1. The second kappa shape index (κ2) is 7.68. The van der Waals surface area contributed by atoms with Crippen molar-refractivity contribution < 1.29 is 18.3 Å². The Morgan fingerprint density at radius 3 is 2.67 bits per heavy atom. The van der Waals surface area contributed by atoms with Crippen LogP contribution in [0.2, 0.25) is 0 Å². The van der Waals surface area contributed by atoms with Crippen LogP contribution in [0.5, 0.6) is 5.75 Å². The highest BCUT2D eigenvalue weighted by molar-refractivity contribution is 5.29. The molecule has 0 bridgehead atoms. The molecule has 2 atom stereocenters. The number of hydrogen-bond acceptors (Lipinski definition) is 4. The summed E-state index contributed by atoms with van der Waals surface area (Å²) in [5.41, 5.74) is 6.92. The van der Waals surface area contributed by atoms with Crippen LogP contribution in [0.25, 0.3) is 0 Å². The van der Waals surface area contributed by atoms with Gasteiger partial charge < -0.3 is 15.2 Å². The van der Waals surface area contributed by atoms with Crippen LogP contribution in [-0.4, -0.2) is 43.9 Å². The highest BCUT2D eigenvalue weighted by atomic mass is 19.3. The number of morpholine rings is 1. The third kappa shape index (κ3) is 4.36. The molecule has 2 unspecified atom stereocenters. The van der Waals surface area contributed by atoms with Gasteiger partial charge >= 0.3 is 6.61 Å². The van der Waals surface area contributed by atoms with Crippen molar-refractivity contribution in [2.24, 2.45) is 5.73 Å². The van der Waals surface area contributed by atoms with Crippen LogP contribution in [0.3, 0.4) is 0 Å². The fourth-order valence-electron chi connectivity index (χ4n) is 2.64. The van der Waals surface area contributed by atoms with Crippen molar-refractivity contribution in [3.8, 4) is 5.75 Å². The van der Waals surface area contributed by atoms with Gasteiger partial charge in [0.25, 0.3) is 0 Å². The summed E-state index contributed by atoms with van der Waals surface area (Å²) in [6.07, 6.45) is 1.20. The predicted octanol–water partition coefficient (Wildman–Crippen LogP) is 2.40. The van der Waals surface area contributed by atoms with Gasteiger partial charge in [-0.2, -0.15) is 8.78 Å². The van der Waals surface area contributed by atoms with Crippen LogP contribution < -0.4 is 10.5 Å². The molecule has 2 N–H and O–H groups in total. The molecule has 0 amide bonds. The van der Waals surface area contributed by atoms with E-state index in [0.29, 0.717) is 13.2 Å². The van der Waals surface area contributed by atoms with E-state index in [0.717, 1.165) is 25.1 Å². The maximum atomic E-state index is 12.2. The fraction of sp³-hybridized carbons (Fsp3) is 0.600. The van der Waals surface area contributed by atoms with Crippen molar-refractivity contribution in [2.45, 2.75) is 32.1 Å². The standard InChI is InChI=1S/C15H22F2N2O2/c1-2-12-10-19(7-8-20-12)14(9-18)11-3-5-13(6-4-11)21-15(16)17/h3-6,12,14-15H,2,7-10,18H2,1H3. The molecule has 118 valence electrons. The van der Waals surface area contributed by atoms with Gasteiger partial charge in [0.2, 0.25) is 0 Å². The predicted molar refractivity (Wildman–Crippen MR) is 76.5 cm³/mol. The Labute approximate surface area is 123 Å². The van der Waals surface area contributed by atoms with Gasteiger partial charge in [0.1, 0.15) is 5.75 Å². The third-order valence-electron chi connectivity index (χ3n) is 3.78. The third-order valence-corrected chi connectivity index (χ3v) is 3.78. The van der Waals surface area contributed by atoms with E-state index >= 15 is 0 Å². The molecule has 1 aromatic rings. The number of alkyl halides is 2. The van der Waals surface area contributed by atoms with Crippen molar-refractivity contribution in [1.29, 1.82) is 0 Å². The molecule has 1 aromatic carbocycles. The zero-order chi connectivity index (χ0) is 15.2. The number of benzene rings is 1. The molecule has 0 aromatic heterocycles. The lowest BCUT2D eigenvalue weighted by Crippen LogP contribution is -2.45. The number of ether oxygens (including phenoxy) is 2. The number of hydrogen-bond donors (Lipinski definition) is 1. The minimum Gasteiger partial charge on any atom is -0.435 e. The van der Waals surface area contributed by atoms with Gasteiger partial charge in [-0.3, -0.25) is 4.90 Å². The summed E-state index contributed by atoms with van der Waals surface area (Å²) < 4.78 is 34.3. The molecule has 0 aliphatic carbocycles. The molecule has 1 aliphatic heterocycles. The lowest BCUT2D eigenvalue weighted by atomic mass is 10.0. The molecule has 21 heavy (non-hydrogen) atoms. The van der Waals surface area contributed by atoms with E-state index in [9.17, 15) is 8.78 Å². The van der Waals surface area contributed by atoms with Crippen molar-refractivity contribution in [3.63, 3.8) is 0 Å². The van der Waals surface area contributed by atoms with Gasteiger partial charge in [-0.05, 0) is 24.1 Å². The summed E-state index contributed by atoms with van der Waals surface area (Å²) in [6.45, 7) is 2.14. The Kier molecular flexibility index (Phi) is 5.90. The summed E-state index contributed by atoms with van der Waals surface area (Å²) in [4.78, 5) is 2.29. The summed E-state index contributed by atoms with van der Waals surface area (Å²) in [6, 6.07) is 6.78. The van der Waals surface area contributed by atoms with Crippen molar-refractivity contribution in [1.82, 2.24) is 4.90 Å². The number of nitrogens with zero attached hydrogens (tertiary/aromatic N) is 1. The first-order valence-corrected chi connectivity index (χ1v) is 7.24. The highest BCUT2D eigenvalue weighted by Gasteiger charge is 2.25. The van der Waals surface area contributed by atoms with Crippen molar-refractivity contribution in [3.05, 3.63) is 29.8 Å². The van der Waals surface area contributed by atoms with Crippen LogP contribution in [0.4, 0.5) is 8.78 Å². The number of nitrogens with two attached hydrogens (primary N) is 1. The molecule has 1 saturated heterocycles. The van der Waals surface area contributed by atoms with Gasteiger partial charge in [0.15, 0.2) is 0 Å². The van der Waals surface area contributed by atoms with Crippen LogP contribution in [0.1, 0.15) is 24.9 Å². The Balaban J connectivity index is 2.06. The van der Waals surface area contributed by atoms with Gasteiger partial charge in [-0.1, -0.05) is 19.1 Å². The zero-order valence-electron chi connectivity index (χ0n) is 12.2. The summed E-state index contributed by atoms with van der Waals surface area (Å²) in [7, 11) is 0. The number of halogens is 2. The molecule has 1 fully saturated rings. The van der Waals surface area contributed by atoms with E-state index in [1.165, 1.54) is 0 Å². The van der Waals surface area contributed by atoms with E-state index in [1.54, 1.807) is 24.3 Å². The monoisotopic (exact) mass is 300 g/mol. The lowest BCUT2D eigenvalue weighted by Gasteiger charge is -2.37. The molecular formula is C15H22F2N2O2. The summed E-state index contributed by atoms with van der Waals surface area (Å²) in [5.74, 6) is 0.165. The number of rotatable bonds is 6. The zero-order valence-corrected chi connectivity index (χ0v) is 12.2. The van der Waals surface area contributed by atoms with Crippen LogP contribution >= 0.6 is 0 Å². The average molecular weight is 300 g/mol. The van der Waals surface area contributed by atoms with Crippen LogP contribution in [0.15, 0.2) is 24.3 Å². The van der Waals surface area contributed by atoms with Gasteiger partial charge in [0.05, 0.1) is 12.7 Å². The molecule has 1 aliphatic rings. The van der Waals surface area contributed by atoms with E-state index in [2.05, 4.69) is 16.6 Å². The van der Waals surface area contributed by atoms with E-state index in [4.69, 9.17) is 10.5 Å². The van der Waals surface area contributed by atoms with Gasteiger partial charge in [-0.15, -0.1) is 0 Å². The Bertz CT molecular complexity index is 428. The Morgan fingerprint density at radius 2 is 2.10 bits per heavy atom. The average Bonchev–Trinajstić information content (AvgIpc) is 2.49. The molecule has 0 spiro atoms. The first kappa shape index (κ1) is 16.1. The molecule has 6 heteroatoms. The molecule has 2 rings (SSSR count). The highest BCUT2D eigenvalue weighted by Crippen LogP contribution is 2.25. The molecular weight excluding hydrogens is 278 g/mol. The smallest absolute Gasteiger partial charge is 0.387 e. The molecule has 0 saturated carbocycles. The van der Waals surface area contributed by atoms with Gasteiger partial charge in [0, 0.05) is 25.7 Å². The minimum absolute atomic E-state index is 0.0727. The maximum absolute atomic E-state index is 12.2. The largest absolute Gasteiger partial charge is 0.435 e. The minimum atomic E-state index is -2.80. The first-order chi connectivity index (χ1) is 10.1. The second-order valence-electron chi connectivity index (χ2n) is 5.10. The van der Waals surface area contributed by atoms with Crippen molar-refractivity contribution in [2.75, 3.05) is 26.2 Å². The first-order valence-electron chi connectivity index (χ1n) is 7.24. The Hall–Kier alpha value is -1.24. The lowest BCUT2D eigenvalue weighted by molar-refractivity contribution is -0.0501. The van der Waals surface area contributed by atoms with E-state index < -0.39 is 6.61 Å². The summed E-state index contributed by atoms with van der Waals surface area (Å²) in [5, 5.41) is 0. The van der Waals surface area contributed by atoms with Crippen LogP contribution in [0, 0.1) is 0 Å². The van der Waals surface area contributed by atoms with Crippen molar-refractivity contribution >= 4 is 0 Å². The molecule has 1 heterocycles. The summed E-state index contributed by atoms with van der Waals surface area (Å²) >= 11 is 0. The quantitative estimate of drug-likeness (QED) is 0.876. The Morgan fingerprint density at radius 1 is 1.38 bits per heavy atom. The topological polar surface area (TPSA) is 47.7 Å². The van der Waals surface area contributed by atoms with Crippen LogP contribution in [-0.2, 0) is 4.74 Å². The molecule has 0 radical (unpaired) electrons. The van der Waals surface area contributed by atoms with Gasteiger partial charge in [-0.25, -0.2) is 0 Å². The van der Waals surface area contributed by atoms with E-state index in [1.807, 2.05) is 0 Å². The normalized spacial score (nSPS) is 21.5. The second-order valence-corrected chi connectivity index (χ2v) is 5.10. The van der Waals surface area contributed by atoms with E-state index in [-0.39, 0.29) is 17.9 Å². The molecule has 4 nitrogen and oxygen atoms in total.